The zero-order valence-corrected chi connectivity index (χ0v) is 10.7. The molecule has 1 heterocycles. The summed E-state index contributed by atoms with van der Waals surface area (Å²) in [6.07, 6.45) is 1.30. The number of hydrogen-bond acceptors (Lipinski definition) is 3. The molecule has 0 amide bonds. The number of aryl methyl sites for hydroxylation is 3. The van der Waals surface area contributed by atoms with Crippen molar-refractivity contribution in [3.63, 3.8) is 0 Å². The molecule has 0 aliphatic rings. The van der Waals surface area contributed by atoms with Crippen LogP contribution < -0.4 is 11.3 Å². The van der Waals surface area contributed by atoms with E-state index in [1.807, 2.05) is 0 Å². The van der Waals surface area contributed by atoms with E-state index < -0.39 is 0 Å². The molecule has 5 heteroatoms. The number of aromatic amines is 1. The summed E-state index contributed by atoms with van der Waals surface area (Å²) >= 11 is 0. The SMILES string of the molecule is Cc1nc(CCc2ccc(F)cc2)[nH]c(=O)c1CN. The Balaban J connectivity index is 2.12. The zero-order chi connectivity index (χ0) is 13.8. The second-order valence-electron chi connectivity index (χ2n) is 4.41. The number of benzene rings is 1. The minimum absolute atomic E-state index is 0.177. The number of rotatable bonds is 4. The van der Waals surface area contributed by atoms with Crippen LogP contribution in [-0.4, -0.2) is 9.97 Å². The predicted molar refractivity (Wildman–Crippen MR) is 71.3 cm³/mol. The van der Waals surface area contributed by atoms with Crippen molar-refractivity contribution in [2.24, 2.45) is 5.73 Å². The van der Waals surface area contributed by atoms with Crippen molar-refractivity contribution in [2.75, 3.05) is 0 Å². The van der Waals surface area contributed by atoms with Crippen LogP contribution in [0, 0.1) is 12.7 Å². The van der Waals surface area contributed by atoms with E-state index in [2.05, 4.69) is 9.97 Å². The van der Waals surface area contributed by atoms with E-state index in [0.717, 1.165) is 5.56 Å². The fourth-order valence-electron chi connectivity index (χ4n) is 1.94. The highest BCUT2D eigenvalue weighted by Crippen LogP contribution is 2.06. The molecule has 0 saturated carbocycles. The summed E-state index contributed by atoms with van der Waals surface area (Å²) in [4.78, 5) is 18.8. The molecule has 100 valence electrons. The van der Waals surface area contributed by atoms with Crippen LogP contribution in [0.2, 0.25) is 0 Å². The largest absolute Gasteiger partial charge is 0.326 e. The smallest absolute Gasteiger partial charge is 0.255 e. The molecule has 0 aliphatic carbocycles. The lowest BCUT2D eigenvalue weighted by Crippen LogP contribution is -2.21. The van der Waals surface area contributed by atoms with E-state index in [-0.39, 0.29) is 17.9 Å². The van der Waals surface area contributed by atoms with Gasteiger partial charge in [-0.25, -0.2) is 9.37 Å². The fraction of sp³-hybridized carbons (Fsp3) is 0.286. The van der Waals surface area contributed by atoms with Gasteiger partial charge in [0, 0.05) is 18.7 Å². The Morgan fingerprint density at radius 1 is 1.26 bits per heavy atom. The molecule has 19 heavy (non-hydrogen) atoms. The van der Waals surface area contributed by atoms with Crippen LogP contribution in [0.5, 0.6) is 0 Å². The molecule has 0 radical (unpaired) electrons. The maximum Gasteiger partial charge on any atom is 0.255 e. The van der Waals surface area contributed by atoms with E-state index in [9.17, 15) is 9.18 Å². The van der Waals surface area contributed by atoms with Crippen LogP contribution in [-0.2, 0) is 19.4 Å². The van der Waals surface area contributed by atoms with Gasteiger partial charge in [0.25, 0.3) is 5.56 Å². The van der Waals surface area contributed by atoms with Crippen molar-refractivity contribution in [1.29, 1.82) is 0 Å². The van der Waals surface area contributed by atoms with Crippen molar-refractivity contribution in [3.05, 3.63) is 63.1 Å². The van der Waals surface area contributed by atoms with E-state index in [4.69, 9.17) is 5.73 Å². The molecular formula is C14H16FN3O. The van der Waals surface area contributed by atoms with Crippen molar-refractivity contribution < 1.29 is 4.39 Å². The van der Waals surface area contributed by atoms with E-state index >= 15 is 0 Å². The standard InChI is InChI=1S/C14H16FN3O/c1-9-12(8-16)14(19)18-13(17-9)7-4-10-2-5-11(15)6-3-10/h2-3,5-6H,4,7-8,16H2,1H3,(H,17,18,19). The van der Waals surface area contributed by atoms with Crippen LogP contribution in [0.1, 0.15) is 22.6 Å². The first-order chi connectivity index (χ1) is 9.10. The third-order valence-electron chi connectivity index (χ3n) is 3.04. The van der Waals surface area contributed by atoms with Gasteiger partial charge in [0.1, 0.15) is 11.6 Å². The summed E-state index contributed by atoms with van der Waals surface area (Å²) in [5, 5.41) is 0. The fourth-order valence-corrected chi connectivity index (χ4v) is 1.94. The molecule has 2 aromatic rings. The lowest BCUT2D eigenvalue weighted by molar-refractivity contribution is 0.627. The summed E-state index contributed by atoms with van der Waals surface area (Å²) in [7, 11) is 0. The second kappa shape index (κ2) is 5.75. The highest BCUT2D eigenvalue weighted by molar-refractivity contribution is 5.19. The van der Waals surface area contributed by atoms with Crippen LogP contribution in [0.25, 0.3) is 0 Å². The molecule has 0 aliphatic heterocycles. The number of aromatic nitrogens is 2. The molecule has 0 unspecified atom stereocenters. The van der Waals surface area contributed by atoms with Gasteiger partial charge >= 0.3 is 0 Å². The quantitative estimate of drug-likeness (QED) is 0.875. The average Bonchev–Trinajstić information content (AvgIpc) is 2.38. The minimum atomic E-state index is -0.251. The number of nitrogens with two attached hydrogens (primary N) is 1. The highest BCUT2D eigenvalue weighted by atomic mass is 19.1. The molecule has 1 aromatic heterocycles. The Hall–Kier alpha value is -2.01. The molecule has 4 nitrogen and oxygen atoms in total. The molecular weight excluding hydrogens is 245 g/mol. The van der Waals surface area contributed by atoms with Crippen LogP contribution in [0.15, 0.2) is 29.1 Å². The third-order valence-corrected chi connectivity index (χ3v) is 3.04. The van der Waals surface area contributed by atoms with E-state index in [0.29, 0.717) is 29.9 Å². The minimum Gasteiger partial charge on any atom is -0.326 e. The lowest BCUT2D eigenvalue weighted by atomic mass is 10.1. The topological polar surface area (TPSA) is 71.8 Å². The zero-order valence-electron chi connectivity index (χ0n) is 10.7. The van der Waals surface area contributed by atoms with Gasteiger partial charge < -0.3 is 10.7 Å². The van der Waals surface area contributed by atoms with Crippen molar-refractivity contribution >= 4 is 0 Å². The van der Waals surface area contributed by atoms with E-state index in [1.165, 1.54) is 12.1 Å². The Labute approximate surface area is 110 Å². The van der Waals surface area contributed by atoms with Crippen LogP contribution >= 0.6 is 0 Å². The number of nitrogens with one attached hydrogen (secondary N) is 1. The number of halogens is 1. The van der Waals surface area contributed by atoms with Crippen molar-refractivity contribution in [2.45, 2.75) is 26.3 Å². The van der Waals surface area contributed by atoms with Gasteiger partial charge in [0.2, 0.25) is 0 Å². The summed E-state index contributed by atoms with van der Waals surface area (Å²) in [6.45, 7) is 1.96. The summed E-state index contributed by atoms with van der Waals surface area (Å²) in [6, 6.07) is 6.31. The maximum atomic E-state index is 12.8. The summed E-state index contributed by atoms with van der Waals surface area (Å²) < 4.78 is 12.8. The first-order valence-corrected chi connectivity index (χ1v) is 6.13. The van der Waals surface area contributed by atoms with Gasteiger partial charge in [-0.3, -0.25) is 4.79 Å². The van der Waals surface area contributed by atoms with Crippen LogP contribution in [0.3, 0.4) is 0 Å². The number of nitrogens with zero attached hydrogens (tertiary/aromatic N) is 1. The van der Waals surface area contributed by atoms with Gasteiger partial charge in [0.15, 0.2) is 0 Å². The molecule has 0 spiro atoms. The summed E-state index contributed by atoms with van der Waals surface area (Å²) in [5.74, 6) is 0.377. The Morgan fingerprint density at radius 3 is 2.53 bits per heavy atom. The second-order valence-corrected chi connectivity index (χ2v) is 4.41. The molecule has 0 atom stereocenters. The van der Waals surface area contributed by atoms with Crippen molar-refractivity contribution in [1.82, 2.24) is 9.97 Å². The molecule has 0 saturated heterocycles. The molecule has 0 bridgehead atoms. The Kier molecular flexibility index (Phi) is 4.06. The predicted octanol–water partition coefficient (Wildman–Crippen LogP) is 1.46. The molecule has 0 fully saturated rings. The van der Waals surface area contributed by atoms with Gasteiger partial charge in [-0.2, -0.15) is 0 Å². The monoisotopic (exact) mass is 261 g/mol. The van der Waals surface area contributed by atoms with Gasteiger partial charge in [-0.05, 0) is 31.0 Å². The van der Waals surface area contributed by atoms with Crippen LogP contribution in [0.4, 0.5) is 4.39 Å². The first kappa shape index (κ1) is 13.4. The number of hydrogen-bond donors (Lipinski definition) is 2. The molecule has 1 aromatic carbocycles. The lowest BCUT2D eigenvalue weighted by Gasteiger charge is -2.05. The number of H-pyrrole nitrogens is 1. The normalized spacial score (nSPS) is 10.7. The Bertz CT molecular complexity index is 620. The third kappa shape index (κ3) is 3.26. The van der Waals surface area contributed by atoms with Gasteiger partial charge in [-0.1, -0.05) is 12.1 Å². The highest BCUT2D eigenvalue weighted by Gasteiger charge is 2.06. The first-order valence-electron chi connectivity index (χ1n) is 6.13. The summed E-state index contributed by atoms with van der Waals surface area (Å²) in [5.41, 5.74) is 7.50. The maximum absolute atomic E-state index is 12.8. The average molecular weight is 261 g/mol. The molecule has 2 rings (SSSR count). The molecule has 3 N–H and O–H groups in total. The van der Waals surface area contributed by atoms with Gasteiger partial charge in [-0.15, -0.1) is 0 Å². The Morgan fingerprint density at radius 2 is 1.95 bits per heavy atom. The van der Waals surface area contributed by atoms with Crippen molar-refractivity contribution in [3.8, 4) is 0 Å². The van der Waals surface area contributed by atoms with Gasteiger partial charge in [0.05, 0.1) is 5.56 Å². The van der Waals surface area contributed by atoms with E-state index in [1.54, 1.807) is 19.1 Å².